The Morgan fingerprint density at radius 2 is 2.17 bits per heavy atom. The van der Waals surface area contributed by atoms with Crippen molar-refractivity contribution in [2.24, 2.45) is 0 Å². The van der Waals surface area contributed by atoms with Gasteiger partial charge in [0.05, 0.1) is 12.1 Å². The van der Waals surface area contributed by atoms with Gasteiger partial charge in [-0.05, 0) is 60.7 Å². The van der Waals surface area contributed by atoms with Crippen molar-refractivity contribution in [1.82, 2.24) is 19.9 Å². The molecule has 3 heterocycles. The van der Waals surface area contributed by atoms with E-state index in [2.05, 4.69) is 22.3 Å². The summed E-state index contributed by atoms with van der Waals surface area (Å²) in [4.78, 5) is 16.5. The first kappa shape index (κ1) is 14.7. The summed E-state index contributed by atoms with van der Waals surface area (Å²) in [7, 11) is 0. The highest BCUT2D eigenvalue weighted by Gasteiger charge is 2.21. The third kappa shape index (κ3) is 2.40. The lowest BCUT2D eigenvalue weighted by molar-refractivity contribution is 0.0957. The van der Waals surface area contributed by atoms with Crippen molar-refractivity contribution in [1.29, 1.82) is 0 Å². The van der Waals surface area contributed by atoms with Crippen molar-refractivity contribution in [2.75, 3.05) is 13.2 Å². The molecule has 1 N–H and O–H groups in total. The molecule has 0 fully saturated rings. The SMILES string of the molecule is Cc1c(Cc2ccn3ncnc3c2)cc2c(c1C)OCCNC2=O. The standard InChI is InChI=1S/C18H18N4O2/c1-11-12(2)17-15(18(23)19-4-6-24-17)9-14(11)7-13-3-5-22-16(8-13)20-10-21-22/h3,5,8-10H,4,6-7H2,1-2H3,(H,19,23). The van der Waals surface area contributed by atoms with Crippen LogP contribution < -0.4 is 10.1 Å². The number of fused-ring (bicyclic) bond motifs is 2. The van der Waals surface area contributed by atoms with Crippen molar-refractivity contribution in [2.45, 2.75) is 20.3 Å². The second kappa shape index (κ2) is 5.63. The monoisotopic (exact) mass is 322 g/mol. The first-order valence-electron chi connectivity index (χ1n) is 7.96. The molecule has 1 aromatic carbocycles. The fraction of sp³-hybridized carbons (Fsp3) is 0.278. The molecular weight excluding hydrogens is 304 g/mol. The van der Waals surface area contributed by atoms with Crippen LogP contribution in [0.5, 0.6) is 5.75 Å². The zero-order valence-electron chi connectivity index (χ0n) is 13.7. The minimum atomic E-state index is -0.0697. The van der Waals surface area contributed by atoms with E-state index in [0.29, 0.717) is 24.5 Å². The average molecular weight is 322 g/mol. The highest BCUT2D eigenvalue weighted by atomic mass is 16.5. The maximum absolute atomic E-state index is 12.3. The Morgan fingerprint density at radius 1 is 1.29 bits per heavy atom. The molecule has 0 aliphatic carbocycles. The van der Waals surface area contributed by atoms with Gasteiger partial charge in [0.15, 0.2) is 5.65 Å². The Hall–Kier alpha value is -2.89. The summed E-state index contributed by atoms with van der Waals surface area (Å²) in [6, 6.07) is 6.00. The van der Waals surface area contributed by atoms with Crippen LogP contribution in [0.25, 0.3) is 5.65 Å². The molecule has 3 aromatic rings. The summed E-state index contributed by atoms with van der Waals surface area (Å²) in [6.45, 7) is 5.12. The summed E-state index contributed by atoms with van der Waals surface area (Å²) in [6.07, 6.45) is 4.17. The van der Waals surface area contributed by atoms with Gasteiger partial charge in [-0.2, -0.15) is 5.10 Å². The summed E-state index contributed by atoms with van der Waals surface area (Å²) in [5.74, 6) is 0.638. The van der Waals surface area contributed by atoms with Crippen molar-refractivity contribution >= 4 is 11.6 Å². The Labute approximate surface area is 139 Å². The number of benzene rings is 1. The topological polar surface area (TPSA) is 68.5 Å². The molecule has 0 radical (unpaired) electrons. The van der Waals surface area contributed by atoms with Crippen molar-refractivity contribution in [3.05, 3.63) is 58.5 Å². The van der Waals surface area contributed by atoms with Crippen LogP contribution in [0.15, 0.2) is 30.7 Å². The van der Waals surface area contributed by atoms with Crippen LogP contribution in [-0.2, 0) is 6.42 Å². The number of amides is 1. The van der Waals surface area contributed by atoms with Gasteiger partial charge in [0.1, 0.15) is 18.7 Å². The Kier molecular flexibility index (Phi) is 3.45. The number of nitrogens with zero attached hydrogens (tertiary/aromatic N) is 3. The number of hydrogen-bond donors (Lipinski definition) is 1. The molecule has 6 nitrogen and oxygen atoms in total. The van der Waals surface area contributed by atoms with E-state index in [1.807, 2.05) is 31.3 Å². The zero-order valence-corrected chi connectivity index (χ0v) is 13.7. The van der Waals surface area contributed by atoms with Gasteiger partial charge in [-0.25, -0.2) is 9.50 Å². The molecule has 2 aromatic heterocycles. The molecule has 0 saturated carbocycles. The van der Waals surface area contributed by atoms with Gasteiger partial charge in [-0.3, -0.25) is 4.79 Å². The lowest BCUT2D eigenvalue weighted by Crippen LogP contribution is -2.24. The predicted octanol–water partition coefficient (Wildman–Crippen LogP) is 2.06. The number of ether oxygens (including phenoxy) is 1. The van der Waals surface area contributed by atoms with E-state index in [0.717, 1.165) is 34.3 Å². The quantitative estimate of drug-likeness (QED) is 0.784. The summed E-state index contributed by atoms with van der Waals surface area (Å²) in [5, 5.41) is 6.99. The molecule has 1 aliphatic rings. The van der Waals surface area contributed by atoms with Crippen molar-refractivity contribution < 1.29 is 9.53 Å². The number of carbonyl (C=O) groups is 1. The largest absolute Gasteiger partial charge is 0.491 e. The van der Waals surface area contributed by atoms with E-state index in [1.165, 1.54) is 0 Å². The highest BCUT2D eigenvalue weighted by molar-refractivity contribution is 5.98. The fourth-order valence-electron chi connectivity index (χ4n) is 3.10. The molecule has 0 spiro atoms. The van der Waals surface area contributed by atoms with Crippen LogP contribution in [-0.4, -0.2) is 33.7 Å². The van der Waals surface area contributed by atoms with Crippen LogP contribution in [0.3, 0.4) is 0 Å². The van der Waals surface area contributed by atoms with Crippen LogP contribution in [0.2, 0.25) is 0 Å². The van der Waals surface area contributed by atoms with Gasteiger partial charge in [0.2, 0.25) is 0 Å². The minimum absolute atomic E-state index is 0.0697. The second-order valence-electron chi connectivity index (χ2n) is 6.04. The van der Waals surface area contributed by atoms with E-state index in [-0.39, 0.29) is 5.91 Å². The molecule has 4 rings (SSSR count). The number of aromatic nitrogens is 3. The normalized spacial score (nSPS) is 14.0. The van der Waals surface area contributed by atoms with E-state index in [1.54, 1.807) is 10.8 Å². The highest BCUT2D eigenvalue weighted by Crippen LogP contribution is 2.31. The number of pyridine rings is 1. The third-order valence-electron chi connectivity index (χ3n) is 4.57. The zero-order chi connectivity index (χ0) is 16.7. The number of carbonyl (C=O) groups excluding carboxylic acids is 1. The average Bonchev–Trinajstić information content (AvgIpc) is 2.96. The van der Waals surface area contributed by atoms with Crippen molar-refractivity contribution in [3.8, 4) is 5.75 Å². The maximum atomic E-state index is 12.3. The van der Waals surface area contributed by atoms with Gasteiger partial charge in [-0.1, -0.05) is 0 Å². The van der Waals surface area contributed by atoms with Crippen LogP contribution >= 0.6 is 0 Å². The van der Waals surface area contributed by atoms with Crippen LogP contribution in [0.1, 0.15) is 32.6 Å². The molecule has 24 heavy (non-hydrogen) atoms. The molecule has 0 atom stereocenters. The Bertz CT molecular complexity index is 946. The maximum Gasteiger partial charge on any atom is 0.255 e. The van der Waals surface area contributed by atoms with Gasteiger partial charge in [0, 0.05) is 6.20 Å². The molecule has 122 valence electrons. The molecule has 0 saturated heterocycles. The Morgan fingerprint density at radius 3 is 3.04 bits per heavy atom. The fourth-order valence-corrected chi connectivity index (χ4v) is 3.10. The minimum Gasteiger partial charge on any atom is -0.491 e. The van der Waals surface area contributed by atoms with E-state index < -0.39 is 0 Å². The smallest absolute Gasteiger partial charge is 0.255 e. The van der Waals surface area contributed by atoms with Gasteiger partial charge >= 0.3 is 0 Å². The second-order valence-corrected chi connectivity index (χ2v) is 6.04. The first-order chi connectivity index (χ1) is 11.6. The lowest BCUT2D eigenvalue weighted by Gasteiger charge is -2.16. The summed E-state index contributed by atoms with van der Waals surface area (Å²) < 4.78 is 7.51. The lowest BCUT2D eigenvalue weighted by atomic mass is 9.93. The van der Waals surface area contributed by atoms with Crippen molar-refractivity contribution in [3.63, 3.8) is 0 Å². The van der Waals surface area contributed by atoms with E-state index in [9.17, 15) is 4.79 Å². The predicted molar refractivity (Wildman–Crippen MR) is 89.5 cm³/mol. The summed E-state index contributed by atoms with van der Waals surface area (Å²) >= 11 is 0. The summed E-state index contributed by atoms with van der Waals surface area (Å²) in [5.41, 5.74) is 5.88. The van der Waals surface area contributed by atoms with Gasteiger partial charge in [-0.15, -0.1) is 0 Å². The molecular formula is C18H18N4O2. The van der Waals surface area contributed by atoms with Crippen LogP contribution in [0.4, 0.5) is 0 Å². The molecule has 1 amide bonds. The van der Waals surface area contributed by atoms with E-state index >= 15 is 0 Å². The Balaban J connectivity index is 1.77. The van der Waals surface area contributed by atoms with Gasteiger partial charge < -0.3 is 10.1 Å². The molecule has 0 unspecified atom stereocenters. The first-order valence-corrected chi connectivity index (χ1v) is 7.96. The molecule has 0 bridgehead atoms. The number of hydrogen-bond acceptors (Lipinski definition) is 4. The van der Waals surface area contributed by atoms with Crippen LogP contribution in [0, 0.1) is 13.8 Å². The van der Waals surface area contributed by atoms with E-state index in [4.69, 9.17) is 4.74 Å². The molecule has 1 aliphatic heterocycles. The third-order valence-corrected chi connectivity index (χ3v) is 4.57. The molecule has 6 heteroatoms. The number of nitrogens with one attached hydrogen (secondary N) is 1. The number of rotatable bonds is 2. The van der Waals surface area contributed by atoms with Gasteiger partial charge in [0.25, 0.3) is 5.91 Å².